The average molecular weight is 192 g/mol. The molecule has 0 spiro atoms. The Morgan fingerprint density at radius 2 is 1.64 bits per heavy atom. The fourth-order valence-electron chi connectivity index (χ4n) is 0.367. The summed E-state index contributed by atoms with van der Waals surface area (Å²) in [7, 11) is 0. The summed E-state index contributed by atoms with van der Waals surface area (Å²) in [5.74, 6) is -0.209. The van der Waals surface area contributed by atoms with Crippen LogP contribution in [-0.2, 0) is 17.1 Å². The monoisotopic (exact) mass is 191 g/mol. The summed E-state index contributed by atoms with van der Waals surface area (Å²) in [4.78, 5) is 0. The molecule has 0 saturated heterocycles. The van der Waals surface area contributed by atoms with Crippen LogP contribution in [0.25, 0.3) is 0 Å². The summed E-state index contributed by atoms with van der Waals surface area (Å²) in [6.45, 7) is 4.75. The molecular formula is C7H4CuFLiN. The van der Waals surface area contributed by atoms with E-state index >= 15 is 0 Å². The Morgan fingerprint density at radius 3 is 1.82 bits per heavy atom. The van der Waals surface area contributed by atoms with E-state index in [0.717, 1.165) is 0 Å². The van der Waals surface area contributed by atoms with Gasteiger partial charge in [0.1, 0.15) is 0 Å². The van der Waals surface area contributed by atoms with Gasteiger partial charge >= 0.3 is 35.9 Å². The molecule has 4 heteroatoms. The van der Waals surface area contributed by atoms with Gasteiger partial charge in [0, 0.05) is 5.82 Å². The molecule has 0 aliphatic heterocycles. The first kappa shape index (κ1) is 17.0. The number of benzene rings is 1. The van der Waals surface area contributed by atoms with Gasteiger partial charge in [-0.15, -0.1) is 12.1 Å². The molecule has 11 heavy (non-hydrogen) atoms. The fourth-order valence-corrected chi connectivity index (χ4v) is 0.367. The molecule has 0 unspecified atom stereocenters. The van der Waals surface area contributed by atoms with Crippen LogP contribution in [0.2, 0.25) is 0 Å². The van der Waals surface area contributed by atoms with Crippen LogP contribution >= 0.6 is 0 Å². The van der Waals surface area contributed by atoms with Crippen molar-refractivity contribution in [3.8, 4) is 0 Å². The summed E-state index contributed by atoms with van der Waals surface area (Å²) < 4.78 is 11.9. The first-order valence-corrected chi connectivity index (χ1v) is 2.23. The zero-order valence-corrected chi connectivity index (χ0v) is 6.88. The molecule has 1 nitrogen and oxygen atoms in total. The van der Waals surface area contributed by atoms with E-state index in [9.17, 15) is 4.39 Å². The minimum atomic E-state index is -0.209. The third kappa shape index (κ3) is 9.76. The third-order valence-corrected chi connectivity index (χ3v) is 0.678. The van der Waals surface area contributed by atoms with E-state index in [1.165, 1.54) is 24.3 Å². The zero-order chi connectivity index (χ0) is 7.11. The Labute approximate surface area is 88.3 Å². The second-order valence-corrected chi connectivity index (χ2v) is 1.22. The first-order valence-electron chi connectivity index (χ1n) is 2.23. The van der Waals surface area contributed by atoms with Crippen LogP contribution in [0.15, 0.2) is 24.3 Å². The molecule has 0 N–H and O–H groups in total. The number of hydrogen-bond acceptors (Lipinski definition) is 1. The van der Waals surface area contributed by atoms with E-state index in [1.54, 1.807) is 0 Å². The quantitative estimate of drug-likeness (QED) is 0.370. The number of rotatable bonds is 0. The van der Waals surface area contributed by atoms with Gasteiger partial charge in [-0.3, -0.25) is 0 Å². The van der Waals surface area contributed by atoms with Crippen molar-refractivity contribution in [1.29, 1.82) is 5.26 Å². The summed E-state index contributed by atoms with van der Waals surface area (Å²) in [6.07, 6.45) is 0. The average Bonchev–Trinajstić information content (AvgIpc) is 1.94. The van der Waals surface area contributed by atoms with Crippen LogP contribution in [0.5, 0.6) is 0 Å². The van der Waals surface area contributed by atoms with Crippen LogP contribution < -0.4 is 18.9 Å². The van der Waals surface area contributed by atoms with Gasteiger partial charge in [0.25, 0.3) is 0 Å². The Kier molecular flexibility index (Phi) is 19.2. The minimum absolute atomic E-state index is 0. The van der Waals surface area contributed by atoms with E-state index < -0.39 is 0 Å². The van der Waals surface area contributed by atoms with Crippen LogP contribution in [0.4, 0.5) is 4.39 Å². The third-order valence-electron chi connectivity index (χ3n) is 0.678. The molecular weight excluding hydrogens is 188 g/mol. The second-order valence-electron chi connectivity index (χ2n) is 1.22. The molecule has 0 aliphatic carbocycles. The zero-order valence-electron chi connectivity index (χ0n) is 5.94. The normalized spacial score (nSPS) is 5.73. The molecule has 0 aliphatic rings. The van der Waals surface area contributed by atoms with Gasteiger partial charge in [0.2, 0.25) is 0 Å². The number of nitrogens with zero attached hydrogens (tertiary/aromatic N) is 1. The number of halogens is 1. The van der Waals surface area contributed by atoms with E-state index in [2.05, 4.69) is 6.07 Å². The minimum Gasteiger partial charge on any atom is -0.512 e. The van der Waals surface area contributed by atoms with Crippen molar-refractivity contribution in [2.45, 2.75) is 0 Å². The largest absolute Gasteiger partial charge is 1.00 e. The maximum absolute atomic E-state index is 11.9. The van der Waals surface area contributed by atoms with Crippen LogP contribution in [0.1, 0.15) is 0 Å². The van der Waals surface area contributed by atoms with Gasteiger partial charge < -0.3 is 11.8 Å². The maximum atomic E-state index is 11.9. The van der Waals surface area contributed by atoms with Crippen LogP contribution in [0.3, 0.4) is 0 Å². The van der Waals surface area contributed by atoms with E-state index in [-0.39, 0.29) is 41.7 Å². The Morgan fingerprint density at radius 1 is 1.27 bits per heavy atom. The predicted octanol–water partition coefficient (Wildman–Crippen LogP) is -1.28. The van der Waals surface area contributed by atoms with Crippen molar-refractivity contribution >= 4 is 0 Å². The van der Waals surface area contributed by atoms with Crippen molar-refractivity contribution < 1.29 is 40.3 Å². The van der Waals surface area contributed by atoms with Gasteiger partial charge in [0.05, 0.1) is 0 Å². The second kappa shape index (κ2) is 12.4. The molecule has 1 rings (SSSR count). The van der Waals surface area contributed by atoms with E-state index in [4.69, 9.17) is 11.8 Å². The molecule has 1 aromatic carbocycles. The summed E-state index contributed by atoms with van der Waals surface area (Å²) in [5.41, 5.74) is 0. The Hall–Kier alpha value is -0.243. The fraction of sp³-hybridized carbons (Fsp3) is 0. The van der Waals surface area contributed by atoms with Gasteiger partial charge in [-0.1, -0.05) is 0 Å². The molecule has 0 fully saturated rings. The standard InChI is InChI=1S/C6H4F.CN.Cu.Li/c7-6-4-2-1-3-5-6;1-2;;/h2-5H;;;/q2*-1;2*+1. The summed E-state index contributed by atoms with van der Waals surface area (Å²) in [5, 5.41) is 6.25. The van der Waals surface area contributed by atoms with Crippen LogP contribution in [0, 0.1) is 23.7 Å². The van der Waals surface area contributed by atoms with Crippen LogP contribution in [-0.4, -0.2) is 0 Å². The first-order chi connectivity index (χ1) is 4.39. The van der Waals surface area contributed by atoms with Crippen molar-refractivity contribution in [3.63, 3.8) is 0 Å². The van der Waals surface area contributed by atoms with Gasteiger partial charge in [0.15, 0.2) is 0 Å². The van der Waals surface area contributed by atoms with Crippen molar-refractivity contribution in [1.82, 2.24) is 0 Å². The molecule has 0 bridgehead atoms. The van der Waals surface area contributed by atoms with Gasteiger partial charge in [-0.05, 0) is 0 Å². The van der Waals surface area contributed by atoms with Gasteiger partial charge in [-0.25, -0.2) is 4.39 Å². The smallest absolute Gasteiger partial charge is 0.512 e. The topological polar surface area (TPSA) is 23.8 Å². The molecule has 0 radical (unpaired) electrons. The van der Waals surface area contributed by atoms with Gasteiger partial charge in [-0.2, -0.15) is 18.2 Å². The summed E-state index contributed by atoms with van der Waals surface area (Å²) in [6, 6.07) is 8.49. The molecule has 0 saturated carbocycles. The van der Waals surface area contributed by atoms with E-state index in [0.29, 0.717) is 0 Å². The molecule has 0 aromatic heterocycles. The molecule has 56 valence electrons. The Balaban J connectivity index is -0.000000149. The van der Waals surface area contributed by atoms with Crippen molar-refractivity contribution in [2.24, 2.45) is 0 Å². The molecule has 0 heterocycles. The van der Waals surface area contributed by atoms with Crippen molar-refractivity contribution in [2.75, 3.05) is 0 Å². The van der Waals surface area contributed by atoms with Crippen molar-refractivity contribution in [3.05, 3.63) is 42.7 Å². The number of hydrogen-bond donors (Lipinski definition) is 0. The van der Waals surface area contributed by atoms with E-state index in [1.807, 2.05) is 0 Å². The SMILES string of the molecule is Fc1cc[c-]cc1.[C-]#N.[Cu+].[Li+]. The maximum Gasteiger partial charge on any atom is 1.00 e. The molecule has 0 atom stereocenters. The molecule has 0 amide bonds. The predicted molar refractivity (Wildman–Crippen MR) is 30.2 cm³/mol. The Bertz CT molecular complexity index is 178. The summed E-state index contributed by atoms with van der Waals surface area (Å²) >= 11 is 0. The molecule has 1 aromatic rings.